The maximum absolute atomic E-state index is 5.61. The second kappa shape index (κ2) is 4.26. The Kier molecular flexibility index (Phi) is 2.62. The van der Waals surface area contributed by atoms with E-state index in [1.807, 2.05) is 6.07 Å². The number of nitrogens with zero attached hydrogens (tertiary/aromatic N) is 1. The summed E-state index contributed by atoms with van der Waals surface area (Å²) in [5.74, 6) is 1.09. The second-order valence-corrected chi connectivity index (χ2v) is 5.00. The van der Waals surface area contributed by atoms with Gasteiger partial charge in [0, 0.05) is 12.5 Å². The van der Waals surface area contributed by atoms with Crippen molar-refractivity contribution in [2.75, 3.05) is 6.61 Å². The SMILES string of the molecule is C(=C1\CCCCO1)/c1nc2ccccc2s1. The summed E-state index contributed by atoms with van der Waals surface area (Å²) in [5, 5.41) is 1.05. The summed E-state index contributed by atoms with van der Waals surface area (Å²) in [6, 6.07) is 8.23. The molecule has 2 aromatic rings. The van der Waals surface area contributed by atoms with Crippen molar-refractivity contribution in [3.8, 4) is 0 Å². The lowest BCUT2D eigenvalue weighted by atomic mass is 10.2. The molecular weight excluding hydrogens is 218 g/mol. The lowest BCUT2D eigenvalue weighted by Crippen LogP contribution is -2.02. The van der Waals surface area contributed by atoms with Crippen molar-refractivity contribution >= 4 is 27.6 Å². The Morgan fingerprint density at radius 2 is 2.19 bits per heavy atom. The normalized spacial score (nSPS) is 18.9. The summed E-state index contributed by atoms with van der Waals surface area (Å²) in [7, 11) is 0. The van der Waals surface area contributed by atoms with E-state index in [1.54, 1.807) is 11.3 Å². The van der Waals surface area contributed by atoms with Crippen molar-refractivity contribution in [2.24, 2.45) is 0 Å². The van der Waals surface area contributed by atoms with Crippen molar-refractivity contribution in [1.29, 1.82) is 0 Å². The Labute approximate surface area is 98.6 Å². The first-order valence-corrected chi connectivity index (χ1v) is 6.42. The largest absolute Gasteiger partial charge is 0.498 e. The molecule has 16 heavy (non-hydrogen) atoms. The standard InChI is InChI=1S/C13H13NOS/c1-2-7-12-11(6-1)14-13(16-12)9-10-5-3-4-8-15-10/h1-2,6-7,9H,3-5,8H2/b10-9-. The van der Waals surface area contributed by atoms with Crippen LogP contribution in [-0.2, 0) is 4.74 Å². The van der Waals surface area contributed by atoms with E-state index < -0.39 is 0 Å². The highest BCUT2D eigenvalue weighted by molar-refractivity contribution is 7.19. The van der Waals surface area contributed by atoms with Gasteiger partial charge in [-0.1, -0.05) is 12.1 Å². The quantitative estimate of drug-likeness (QED) is 0.744. The number of fused-ring (bicyclic) bond motifs is 1. The Hall–Kier alpha value is -1.35. The third kappa shape index (κ3) is 1.95. The number of rotatable bonds is 1. The van der Waals surface area contributed by atoms with E-state index in [0.717, 1.165) is 29.3 Å². The molecule has 0 spiro atoms. The highest BCUT2D eigenvalue weighted by atomic mass is 32.1. The van der Waals surface area contributed by atoms with Crippen molar-refractivity contribution in [1.82, 2.24) is 4.98 Å². The zero-order chi connectivity index (χ0) is 10.8. The summed E-state index contributed by atoms with van der Waals surface area (Å²) < 4.78 is 6.85. The van der Waals surface area contributed by atoms with Gasteiger partial charge >= 0.3 is 0 Å². The predicted octanol–water partition coefficient (Wildman–Crippen LogP) is 3.84. The van der Waals surface area contributed by atoms with Crippen molar-refractivity contribution < 1.29 is 4.74 Å². The molecule has 0 aliphatic carbocycles. The molecule has 3 rings (SSSR count). The van der Waals surface area contributed by atoms with E-state index in [1.165, 1.54) is 17.5 Å². The van der Waals surface area contributed by atoms with Crippen LogP contribution in [0.5, 0.6) is 0 Å². The number of aromatic nitrogens is 1. The van der Waals surface area contributed by atoms with Gasteiger partial charge in [0.2, 0.25) is 0 Å². The van der Waals surface area contributed by atoms with Gasteiger partial charge in [-0.05, 0) is 25.0 Å². The average molecular weight is 231 g/mol. The van der Waals surface area contributed by atoms with Crippen LogP contribution in [-0.4, -0.2) is 11.6 Å². The van der Waals surface area contributed by atoms with Crippen molar-refractivity contribution in [3.05, 3.63) is 35.0 Å². The van der Waals surface area contributed by atoms with Gasteiger partial charge in [-0.2, -0.15) is 0 Å². The summed E-state index contributed by atoms with van der Waals surface area (Å²) in [6.45, 7) is 0.858. The molecule has 1 aromatic carbocycles. The Morgan fingerprint density at radius 3 is 3.00 bits per heavy atom. The minimum Gasteiger partial charge on any atom is -0.498 e. The highest BCUT2D eigenvalue weighted by Crippen LogP contribution is 2.25. The number of ether oxygens (including phenoxy) is 1. The predicted molar refractivity (Wildman–Crippen MR) is 67.4 cm³/mol. The molecule has 2 heterocycles. The van der Waals surface area contributed by atoms with Gasteiger partial charge in [0.15, 0.2) is 0 Å². The molecule has 1 saturated heterocycles. The van der Waals surface area contributed by atoms with Gasteiger partial charge in [0.05, 0.1) is 22.6 Å². The Balaban J connectivity index is 1.93. The number of hydrogen-bond donors (Lipinski definition) is 0. The van der Waals surface area contributed by atoms with Crippen LogP contribution in [0.2, 0.25) is 0 Å². The number of allylic oxidation sites excluding steroid dienone is 1. The number of thiazole rings is 1. The molecule has 0 saturated carbocycles. The third-order valence-corrected chi connectivity index (χ3v) is 3.68. The molecule has 0 unspecified atom stereocenters. The van der Waals surface area contributed by atoms with E-state index in [9.17, 15) is 0 Å². The zero-order valence-corrected chi connectivity index (χ0v) is 9.80. The van der Waals surface area contributed by atoms with Crippen LogP contribution < -0.4 is 0 Å². The summed E-state index contributed by atoms with van der Waals surface area (Å²) in [5.41, 5.74) is 1.08. The lowest BCUT2D eigenvalue weighted by Gasteiger charge is -2.14. The summed E-state index contributed by atoms with van der Waals surface area (Å²) in [4.78, 5) is 4.57. The molecule has 0 amide bonds. The minimum atomic E-state index is 0.858. The molecule has 0 atom stereocenters. The number of benzene rings is 1. The summed E-state index contributed by atoms with van der Waals surface area (Å²) >= 11 is 1.72. The fourth-order valence-electron chi connectivity index (χ4n) is 1.88. The van der Waals surface area contributed by atoms with Gasteiger partial charge in [-0.3, -0.25) is 0 Å². The fourth-order valence-corrected chi connectivity index (χ4v) is 2.80. The van der Waals surface area contributed by atoms with E-state index in [-0.39, 0.29) is 0 Å². The Bertz CT molecular complexity index is 488. The van der Waals surface area contributed by atoms with Gasteiger partial charge in [0.1, 0.15) is 5.01 Å². The topological polar surface area (TPSA) is 22.1 Å². The van der Waals surface area contributed by atoms with Crippen LogP contribution in [0.4, 0.5) is 0 Å². The minimum absolute atomic E-state index is 0.858. The van der Waals surface area contributed by atoms with Crippen LogP contribution in [0.25, 0.3) is 16.3 Å². The lowest BCUT2D eigenvalue weighted by molar-refractivity contribution is 0.169. The first kappa shape index (κ1) is 9.85. The van der Waals surface area contributed by atoms with Crippen LogP contribution >= 0.6 is 11.3 Å². The molecule has 1 aliphatic heterocycles. The summed E-state index contributed by atoms with van der Waals surface area (Å²) in [6.07, 6.45) is 5.55. The molecular formula is C13H13NOS. The highest BCUT2D eigenvalue weighted by Gasteiger charge is 2.07. The van der Waals surface area contributed by atoms with Crippen molar-refractivity contribution in [2.45, 2.75) is 19.3 Å². The van der Waals surface area contributed by atoms with Crippen molar-refractivity contribution in [3.63, 3.8) is 0 Å². The van der Waals surface area contributed by atoms with E-state index in [2.05, 4.69) is 29.3 Å². The van der Waals surface area contributed by atoms with Crippen LogP contribution in [0.15, 0.2) is 30.0 Å². The maximum Gasteiger partial charge on any atom is 0.120 e. The van der Waals surface area contributed by atoms with E-state index in [0.29, 0.717) is 0 Å². The molecule has 0 bridgehead atoms. The van der Waals surface area contributed by atoms with Gasteiger partial charge in [0.25, 0.3) is 0 Å². The van der Waals surface area contributed by atoms with E-state index in [4.69, 9.17) is 4.74 Å². The molecule has 82 valence electrons. The van der Waals surface area contributed by atoms with E-state index >= 15 is 0 Å². The number of para-hydroxylation sites is 1. The maximum atomic E-state index is 5.61. The second-order valence-electron chi connectivity index (χ2n) is 3.94. The van der Waals surface area contributed by atoms with Crippen LogP contribution in [0, 0.1) is 0 Å². The molecule has 0 radical (unpaired) electrons. The molecule has 1 aromatic heterocycles. The molecule has 0 N–H and O–H groups in total. The molecule has 3 heteroatoms. The van der Waals surface area contributed by atoms with Gasteiger partial charge < -0.3 is 4.74 Å². The van der Waals surface area contributed by atoms with Crippen LogP contribution in [0.3, 0.4) is 0 Å². The third-order valence-electron chi connectivity index (χ3n) is 2.70. The molecule has 1 fully saturated rings. The molecule has 1 aliphatic rings. The average Bonchev–Trinajstić information content (AvgIpc) is 2.72. The Morgan fingerprint density at radius 1 is 1.25 bits per heavy atom. The first-order valence-electron chi connectivity index (χ1n) is 5.61. The molecule has 2 nitrogen and oxygen atoms in total. The fraction of sp³-hybridized carbons (Fsp3) is 0.308. The number of hydrogen-bond acceptors (Lipinski definition) is 3. The monoisotopic (exact) mass is 231 g/mol. The zero-order valence-electron chi connectivity index (χ0n) is 8.98. The first-order chi connectivity index (χ1) is 7.92. The van der Waals surface area contributed by atoms with Gasteiger partial charge in [-0.25, -0.2) is 4.98 Å². The van der Waals surface area contributed by atoms with Crippen LogP contribution in [0.1, 0.15) is 24.3 Å². The smallest absolute Gasteiger partial charge is 0.120 e. The van der Waals surface area contributed by atoms with Gasteiger partial charge in [-0.15, -0.1) is 11.3 Å².